The van der Waals surface area contributed by atoms with E-state index in [0.717, 1.165) is 24.6 Å². The van der Waals surface area contributed by atoms with Gasteiger partial charge in [0.15, 0.2) is 23.2 Å². The molecule has 0 radical (unpaired) electrons. The SMILES string of the molecule is C=C(C)SC(=C)c1ccc(-c2ccc(OCC3CC3)c(F)c2F)c(F)c1F. The van der Waals surface area contributed by atoms with Crippen molar-refractivity contribution in [2.45, 2.75) is 19.8 Å². The summed E-state index contributed by atoms with van der Waals surface area (Å²) in [6.07, 6.45) is 2.02. The molecular formula is C21H18F4OS. The van der Waals surface area contributed by atoms with Crippen LogP contribution in [0.4, 0.5) is 17.6 Å². The van der Waals surface area contributed by atoms with E-state index in [1.807, 2.05) is 0 Å². The molecule has 0 aromatic heterocycles. The van der Waals surface area contributed by atoms with Gasteiger partial charge in [-0.25, -0.2) is 13.2 Å². The van der Waals surface area contributed by atoms with Crippen LogP contribution >= 0.6 is 11.8 Å². The van der Waals surface area contributed by atoms with Gasteiger partial charge in [0.25, 0.3) is 0 Å². The van der Waals surface area contributed by atoms with Crippen molar-refractivity contribution in [3.8, 4) is 16.9 Å². The molecule has 1 saturated carbocycles. The quantitative estimate of drug-likeness (QED) is 0.471. The molecule has 3 rings (SSSR count). The maximum atomic E-state index is 14.6. The lowest BCUT2D eigenvalue weighted by Gasteiger charge is -2.13. The fourth-order valence-corrected chi connectivity index (χ4v) is 3.27. The third-order valence-electron chi connectivity index (χ3n) is 4.19. The first kappa shape index (κ1) is 19.5. The third kappa shape index (κ3) is 4.21. The number of thioether (sulfide) groups is 1. The van der Waals surface area contributed by atoms with E-state index in [2.05, 4.69) is 13.2 Å². The van der Waals surface area contributed by atoms with Crippen molar-refractivity contribution in [1.29, 1.82) is 0 Å². The lowest BCUT2D eigenvalue weighted by Crippen LogP contribution is -2.04. The smallest absolute Gasteiger partial charge is 0.201 e. The van der Waals surface area contributed by atoms with Crippen molar-refractivity contribution in [1.82, 2.24) is 0 Å². The van der Waals surface area contributed by atoms with Gasteiger partial charge in [0, 0.05) is 21.6 Å². The second-order valence-corrected chi connectivity index (χ2v) is 7.90. The minimum absolute atomic E-state index is 0.0467. The van der Waals surface area contributed by atoms with Crippen molar-refractivity contribution >= 4 is 16.7 Å². The minimum Gasteiger partial charge on any atom is -0.490 e. The van der Waals surface area contributed by atoms with Crippen LogP contribution in [-0.2, 0) is 0 Å². The van der Waals surface area contributed by atoms with Gasteiger partial charge in [0.05, 0.1) is 6.61 Å². The van der Waals surface area contributed by atoms with Crippen molar-refractivity contribution in [3.63, 3.8) is 0 Å². The van der Waals surface area contributed by atoms with Gasteiger partial charge in [-0.2, -0.15) is 4.39 Å². The molecule has 1 aliphatic carbocycles. The Balaban J connectivity index is 1.93. The summed E-state index contributed by atoms with van der Waals surface area (Å²) in [6.45, 7) is 9.40. The molecular weight excluding hydrogens is 376 g/mol. The highest BCUT2D eigenvalue weighted by atomic mass is 32.2. The van der Waals surface area contributed by atoms with E-state index in [-0.39, 0.29) is 27.3 Å². The van der Waals surface area contributed by atoms with Gasteiger partial charge in [-0.3, -0.25) is 0 Å². The van der Waals surface area contributed by atoms with Gasteiger partial charge in [0.2, 0.25) is 5.82 Å². The Labute approximate surface area is 159 Å². The number of ether oxygens (including phenoxy) is 1. The summed E-state index contributed by atoms with van der Waals surface area (Å²) in [7, 11) is 0. The van der Waals surface area contributed by atoms with E-state index in [1.165, 1.54) is 24.3 Å². The molecule has 0 amide bonds. The zero-order valence-electron chi connectivity index (χ0n) is 14.8. The molecule has 0 bridgehead atoms. The first-order valence-corrected chi connectivity index (χ1v) is 9.23. The normalized spacial score (nSPS) is 13.5. The highest BCUT2D eigenvalue weighted by Gasteiger charge is 2.25. The molecule has 0 N–H and O–H groups in total. The summed E-state index contributed by atoms with van der Waals surface area (Å²) in [5.74, 6) is -4.77. The summed E-state index contributed by atoms with van der Waals surface area (Å²) in [5.41, 5.74) is -0.781. The Hall–Kier alpha value is -2.21. The Morgan fingerprint density at radius 2 is 1.56 bits per heavy atom. The molecule has 0 saturated heterocycles. The predicted molar refractivity (Wildman–Crippen MR) is 101 cm³/mol. The Morgan fingerprint density at radius 3 is 2.15 bits per heavy atom. The van der Waals surface area contributed by atoms with Crippen LogP contribution in [0.25, 0.3) is 16.0 Å². The summed E-state index contributed by atoms with van der Waals surface area (Å²) in [4.78, 5) is 0.944. The van der Waals surface area contributed by atoms with E-state index >= 15 is 0 Å². The first-order chi connectivity index (χ1) is 12.8. The number of hydrogen-bond donors (Lipinski definition) is 0. The van der Waals surface area contributed by atoms with E-state index in [9.17, 15) is 17.6 Å². The average molecular weight is 394 g/mol. The maximum absolute atomic E-state index is 14.6. The van der Waals surface area contributed by atoms with Gasteiger partial charge in [-0.1, -0.05) is 37.1 Å². The molecule has 0 spiro atoms. The van der Waals surface area contributed by atoms with Crippen molar-refractivity contribution in [3.05, 3.63) is 71.2 Å². The molecule has 0 atom stereocenters. The van der Waals surface area contributed by atoms with Gasteiger partial charge < -0.3 is 4.74 Å². The molecule has 2 aromatic rings. The van der Waals surface area contributed by atoms with E-state index in [4.69, 9.17) is 4.74 Å². The zero-order valence-corrected chi connectivity index (χ0v) is 15.6. The minimum atomic E-state index is -1.27. The number of benzene rings is 2. The van der Waals surface area contributed by atoms with Gasteiger partial charge in [0.1, 0.15) is 0 Å². The standard InChI is InChI=1S/C21H18F4OS/c1-11(2)27-12(3)14-6-7-15(19(23)18(14)22)16-8-9-17(21(25)20(16)24)26-10-13-4-5-13/h6-9,13H,1,3-5,10H2,2H3. The summed E-state index contributed by atoms with van der Waals surface area (Å²) in [6, 6.07) is 4.92. The first-order valence-electron chi connectivity index (χ1n) is 8.41. The highest BCUT2D eigenvalue weighted by molar-refractivity contribution is 8.11. The molecule has 142 valence electrons. The lowest BCUT2D eigenvalue weighted by atomic mass is 10.0. The predicted octanol–water partition coefficient (Wildman–Crippen LogP) is 6.94. The molecule has 0 unspecified atom stereocenters. The van der Waals surface area contributed by atoms with E-state index in [0.29, 0.717) is 17.4 Å². The molecule has 0 aliphatic heterocycles. The van der Waals surface area contributed by atoms with Gasteiger partial charge in [-0.15, -0.1) is 0 Å². The molecule has 1 aliphatic rings. The van der Waals surface area contributed by atoms with Gasteiger partial charge >= 0.3 is 0 Å². The Morgan fingerprint density at radius 1 is 0.963 bits per heavy atom. The average Bonchev–Trinajstić information content (AvgIpc) is 3.43. The van der Waals surface area contributed by atoms with E-state index < -0.39 is 23.3 Å². The third-order valence-corrected chi connectivity index (χ3v) is 5.00. The largest absolute Gasteiger partial charge is 0.490 e. The number of halogens is 4. The molecule has 2 aromatic carbocycles. The van der Waals surface area contributed by atoms with Crippen LogP contribution in [0.15, 0.2) is 42.3 Å². The molecule has 1 nitrogen and oxygen atoms in total. The van der Waals surface area contributed by atoms with Crippen LogP contribution in [0.5, 0.6) is 5.75 Å². The molecule has 1 fully saturated rings. The molecule has 27 heavy (non-hydrogen) atoms. The van der Waals surface area contributed by atoms with Crippen molar-refractivity contribution in [2.24, 2.45) is 5.92 Å². The number of rotatable bonds is 7. The fourth-order valence-electron chi connectivity index (χ4n) is 2.58. The summed E-state index contributed by atoms with van der Waals surface area (Å²) in [5, 5.41) is 0. The lowest BCUT2D eigenvalue weighted by molar-refractivity contribution is 0.280. The summed E-state index contributed by atoms with van der Waals surface area (Å²) < 4.78 is 63.0. The number of allylic oxidation sites excluding steroid dienone is 1. The highest BCUT2D eigenvalue weighted by Crippen LogP contribution is 2.38. The van der Waals surface area contributed by atoms with Crippen LogP contribution in [0.2, 0.25) is 0 Å². The fraction of sp³-hybridized carbons (Fsp3) is 0.238. The second kappa shape index (κ2) is 7.80. The Bertz CT molecular complexity index is 919. The van der Waals surface area contributed by atoms with Crippen LogP contribution in [0, 0.1) is 29.2 Å². The van der Waals surface area contributed by atoms with Gasteiger partial charge in [-0.05, 0) is 42.7 Å². The molecule has 0 heterocycles. The monoisotopic (exact) mass is 394 g/mol. The number of hydrogen-bond acceptors (Lipinski definition) is 2. The van der Waals surface area contributed by atoms with Crippen LogP contribution in [0.1, 0.15) is 25.3 Å². The second-order valence-electron chi connectivity index (χ2n) is 6.51. The zero-order chi connectivity index (χ0) is 19.7. The topological polar surface area (TPSA) is 9.23 Å². The van der Waals surface area contributed by atoms with Crippen molar-refractivity contribution in [2.75, 3.05) is 6.61 Å². The molecule has 6 heteroatoms. The van der Waals surface area contributed by atoms with Crippen LogP contribution in [0.3, 0.4) is 0 Å². The van der Waals surface area contributed by atoms with Crippen LogP contribution < -0.4 is 4.74 Å². The Kier molecular flexibility index (Phi) is 5.65. The van der Waals surface area contributed by atoms with Crippen molar-refractivity contribution < 1.29 is 22.3 Å². The van der Waals surface area contributed by atoms with E-state index in [1.54, 1.807) is 6.92 Å². The maximum Gasteiger partial charge on any atom is 0.201 e. The summed E-state index contributed by atoms with van der Waals surface area (Å²) >= 11 is 1.11. The van der Waals surface area contributed by atoms with Crippen LogP contribution in [-0.4, -0.2) is 6.61 Å².